The maximum atomic E-state index is 11.7. The zero-order valence-electron chi connectivity index (χ0n) is 8.80. The fourth-order valence-corrected chi connectivity index (χ4v) is 2.98. The van der Waals surface area contributed by atoms with Gasteiger partial charge in [0, 0.05) is 12.3 Å². The summed E-state index contributed by atoms with van der Waals surface area (Å²) >= 11 is 2.52. The Balaban J connectivity index is 1.94. The molecule has 1 N–H and O–H groups in total. The van der Waals surface area contributed by atoms with Crippen LogP contribution in [0.3, 0.4) is 0 Å². The number of carbonyl (C=O) groups is 2. The number of rotatable bonds is 3. The molecule has 2 amide bonds. The van der Waals surface area contributed by atoms with Crippen molar-refractivity contribution in [2.45, 2.75) is 0 Å². The second kappa shape index (κ2) is 5.21. The molecule has 88 valence electrons. The number of anilines is 1. The smallest absolute Gasteiger partial charge is 0.282 e. The first kappa shape index (κ1) is 12.0. The molecule has 0 saturated carbocycles. The van der Waals surface area contributed by atoms with E-state index in [2.05, 4.69) is 5.32 Å². The summed E-state index contributed by atoms with van der Waals surface area (Å²) in [4.78, 5) is 24.5. The molecule has 0 atom stereocenters. The van der Waals surface area contributed by atoms with Gasteiger partial charge in [0.25, 0.3) is 5.24 Å². The van der Waals surface area contributed by atoms with Crippen molar-refractivity contribution in [3.63, 3.8) is 0 Å². The van der Waals surface area contributed by atoms with Crippen LogP contribution in [0, 0.1) is 11.3 Å². The Bertz CT molecular complexity index is 492. The standard InChI is InChI=1S/C10H9N3O2S2/c11-5-7-1-3-16-9(7)12-8(14)6-13-2-4-17-10(13)15/h1,3H,2,4,6H2,(H,12,14). The lowest BCUT2D eigenvalue weighted by Crippen LogP contribution is -2.33. The van der Waals surface area contributed by atoms with Crippen LogP contribution in [0.2, 0.25) is 0 Å². The maximum absolute atomic E-state index is 11.7. The Morgan fingerprint density at radius 2 is 2.47 bits per heavy atom. The van der Waals surface area contributed by atoms with E-state index < -0.39 is 0 Å². The van der Waals surface area contributed by atoms with E-state index >= 15 is 0 Å². The molecule has 1 aromatic rings. The quantitative estimate of drug-likeness (QED) is 0.905. The summed E-state index contributed by atoms with van der Waals surface area (Å²) < 4.78 is 0. The highest BCUT2D eigenvalue weighted by Crippen LogP contribution is 2.22. The minimum absolute atomic E-state index is 0.0502. The van der Waals surface area contributed by atoms with Crippen molar-refractivity contribution in [1.82, 2.24) is 4.90 Å². The minimum Gasteiger partial charge on any atom is -0.323 e. The number of hydrogen-bond acceptors (Lipinski definition) is 5. The van der Waals surface area contributed by atoms with Crippen molar-refractivity contribution >= 4 is 39.2 Å². The van der Waals surface area contributed by atoms with Crippen LogP contribution in [0.4, 0.5) is 9.80 Å². The fourth-order valence-electron chi connectivity index (χ4n) is 1.40. The van der Waals surface area contributed by atoms with E-state index in [4.69, 9.17) is 5.26 Å². The SMILES string of the molecule is N#Cc1ccsc1NC(=O)CN1CCSC1=O. The van der Waals surface area contributed by atoms with Crippen LogP contribution in [0.25, 0.3) is 0 Å². The van der Waals surface area contributed by atoms with Crippen LogP contribution >= 0.6 is 23.1 Å². The first-order valence-electron chi connectivity index (χ1n) is 4.90. The molecule has 0 aromatic carbocycles. The first-order valence-corrected chi connectivity index (χ1v) is 6.76. The zero-order chi connectivity index (χ0) is 12.3. The molecule has 2 rings (SSSR count). The van der Waals surface area contributed by atoms with Crippen LogP contribution in [0.1, 0.15) is 5.56 Å². The second-order valence-corrected chi connectivity index (χ2v) is 5.32. The summed E-state index contributed by atoms with van der Waals surface area (Å²) in [5.74, 6) is 0.467. The Morgan fingerprint density at radius 3 is 3.12 bits per heavy atom. The summed E-state index contributed by atoms with van der Waals surface area (Å²) in [7, 11) is 0. The molecule has 1 fully saturated rings. The molecule has 1 saturated heterocycles. The monoisotopic (exact) mass is 267 g/mol. The summed E-state index contributed by atoms with van der Waals surface area (Å²) in [5.41, 5.74) is 0.450. The Morgan fingerprint density at radius 1 is 1.65 bits per heavy atom. The Kier molecular flexibility index (Phi) is 3.66. The lowest BCUT2D eigenvalue weighted by molar-refractivity contribution is -0.116. The van der Waals surface area contributed by atoms with Gasteiger partial charge in [-0.1, -0.05) is 11.8 Å². The third-order valence-electron chi connectivity index (χ3n) is 2.22. The van der Waals surface area contributed by atoms with Gasteiger partial charge in [0.2, 0.25) is 5.91 Å². The van der Waals surface area contributed by atoms with E-state index in [0.29, 0.717) is 17.1 Å². The molecule has 17 heavy (non-hydrogen) atoms. The highest BCUT2D eigenvalue weighted by Gasteiger charge is 2.23. The van der Waals surface area contributed by atoms with Gasteiger partial charge in [-0.15, -0.1) is 11.3 Å². The normalized spacial score (nSPS) is 14.8. The first-order chi connectivity index (χ1) is 8.20. The molecule has 1 aliphatic heterocycles. The fraction of sp³-hybridized carbons (Fsp3) is 0.300. The zero-order valence-corrected chi connectivity index (χ0v) is 10.4. The van der Waals surface area contributed by atoms with E-state index in [9.17, 15) is 9.59 Å². The third-order valence-corrected chi connectivity index (χ3v) is 3.94. The average molecular weight is 267 g/mol. The number of nitrogens with zero attached hydrogens (tertiary/aromatic N) is 2. The van der Waals surface area contributed by atoms with E-state index in [0.717, 1.165) is 5.75 Å². The van der Waals surface area contributed by atoms with E-state index in [1.165, 1.54) is 28.0 Å². The second-order valence-electron chi connectivity index (χ2n) is 3.36. The van der Waals surface area contributed by atoms with Gasteiger partial charge >= 0.3 is 0 Å². The van der Waals surface area contributed by atoms with E-state index in [1.54, 1.807) is 11.4 Å². The summed E-state index contributed by atoms with van der Waals surface area (Å²) in [6, 6.07) is 3.64. The van der Waals surface area contributed by atoms with Crippen molar-refractivity contribution in [2.75, 3.05) is 24.2 Å². The van der Waals surface area contributed by atoms with Crippen molar-refractivity contribution in [3.05, 3.63) is 17.0 Å². The number of hydrogen-bond donors (Lipinski definition) is 1. The summed E-state index contributed by atoms with van der Waals surface area (Å²) in [5, 5.41) is 13.6. The molecule has 5 nitrogen and oxygen atoms in total. The third kappa shape index (κ3) is 2.78. The van der Waals surface area contributed by atoms with Gasteiger partial charge in [-0.3, -0.25) is 9.59 Å². The van der Waals surface area contributed by atoms with Gasteiger partial charge in [0.05, 0.1) is 5.56 Å². The molecule has 0 aliphatic carbocycles. The minimum atomic E-state index is -0.264. The van der Waals surface area contributed by atoms with Gasteiger partial charge in [0.1, 0.15) is 17.6 Å². The topological polar surface area (TPSA) is 73.2 Å². The molecule has 0 unspecified atom stereocenters. The predicted molar refractivity (Wildman–Crippen MR) is 67.1 cm³/mol. The van der Waals surface area contributed by atoms with Crippen molar-refractivity contribution < 1.29 is 9.59 Å². The van der Waals surface area contributed by atoms with Crippen molar-refractivity contribution in [2.24, 2.45) is 0 Å². The van der Waals surface area contributed by atoms with Gasteiger partial charge in [-0.2, -0.15) is 5.26 Å². The lowest BCUT2D eigenvalue weighted by Gasteiger charge is -2.13. The Hall–Kier alpha value is -1.52. The van der Waals surface area contributed by atoms with Crippen molar-refractivity contribution in [1.29, 1.82) is 5.26 Å². The summed E-state index contributed by atoms with van der Waals surface area (Å²) in [6.45, 7) is 0.654. The van der Waals surface area contributed by atoms with Crippen LogP contribution in [-0.2, 0) is 4.79 Å². The Labute approximate surface area is 106 Å². The predicted octanol–water partition coefficient (Wildman–Crippen LogP) is 1.73. The maximum Gasteiger partial charge on any atom is 0.282 e. The number of carbonyl (C=O) groups excluding carboxylic acids is 2. The molecule has 0 spiro atoms. The van der Waals surface area contributed by atoms with Crippen LogP contribution in [-0.4, -0.2) is 34.9 Å². The molecule has 1 aliphatic rings. The van der Waals surface area contributed by atoms with Gasteiger partial charge in [-0.25, -0.2) is 0 Å². The van der Waals surface area contributed by atoms with Crippen LogP contribution < -0.4 is 5.32 Å². The number of amides is 2. The summed E-state index contributed by atoms with van der Waals surface area (Å²) in [6.07, 6.45) is 0. The highest BCUT2D eigenvalue weighted by molar-refractivity contribution is 8.13. The average Bonchev–Trinajstić information content (AvgIpc) is 2.89. The lowest BCUT2D eigenvalue weighted by atomic mass is 10.3. The van der Waals surface area contributed by atoms with Crippen LogP contribution in [0.5, 0.6) is 0 Å². The number of thiophene rings is 1. The number of nitriles is 1. The highest BCUT2D eigenvalue weighted by atomic mass is 32.2. The van der Waals surface area contributed by atoms with Crippen LogP contribution in [0.15, 0.2) is 11.4 Å². The van der Waals surface area contributed by atoms with E-state index in [-0.39, 0.29) is 17.7 Å². The number of nitrogens with one attached hydrogen (secondary N) is 1. The molecular weight excluding hydrogens is 258 g/mol. The molecule has 7 heteroatoms. The van der Waals surface area contributed by atoms with Gasteiger partial charge in [-0.05, 0) is 11.4 Å². The van der Waals surface area contributed by atoms with Gasteiger partial charge in [0.15, 0.2) is 0 Å². The van der Waals surface area contributed by atoms with Gasteiger partial charge < -0.3 is 10.2 Å². The van der Waals surface area contributed by atoms with Crippen molar-refractivity contribution in [3.8, 4) is 6.07 Å². The van der Waals surface area contributed by atoms with E-state index in [1.807, 2.05) is 6.07 Å². The molecule has 2 heterocycles. The molecule has 0 radical (unpaired) electrons. The molecular formula is C10H9N3O2S2. The number of thioether (sulfide) groups is 1. The molecule has 0 bridgehead atoms. The molecule has 1 aromatic heterocycles. The largest absolute Gasteiger partial charge is 0.323 e.